The zero-order valence-electron chi connectivity index (χ0n) is 22.7. The van der Waals surface area contributed by atoms with Gasteiger partial charge in [0.2, 0.25) is 5.91 Å². The summed E-state index contributed by atoms with van der Waals surface area (Å²) in [4.78, 5) is 23.3. The van der Waals surface area contributed by atoms with Gasteiger partial charge in [0.15, 0.2) is 0 Å². The molecular weight excluding hydrogens is 491 g/mol. The normalized spacial score (nSPS) is 19.5. The van der Waals surface area contributed by atoms with Gasteiger partial charge in [-0.05, 0) is 55.0 Å². The van der Waals surface area contributed by atoms with Crippen molar-refractivity contribution in [2.24, 2.45) is 0 Å². The first kappa shape index (κ1) is 28.2. The van der Waals surface area contributed by atoms with Crippen molar-refractivity contribution in [2.75, 3.05) is 56.0 Å². The lowest BCUT2D eigenvalue weighted by molar-refractivity contribution is -0.137. The van der Waals surface area contributed by atoms with Crippen molar-refractivity contribution in [2.45, 2.75) is 64.1 Å². The fourth-order valence-corrected chi connectivity index (χ4v) is 5.25. The predicted molar refractivity (Wildman–Crippen MR) is 145 cm³/mol. The third-order valence-electron chi connectivity index (χ3n) is 7.55. The van der Waals surface area contributed by atoms with E-state index in [4.69, 9.17) is 0 Å². The van der Waals surface area contributed by atoms with Crippen LogP contribution in [0.3, 0.4) is 0 Å². The Morgan fingerprint density at radius 2 is 1.71 bits per heavy atom. The number of pyridine rings is 1. The second-order valence-corrected chi connectivity index (χ2v) is 11.5. The summed E-state index contributed by atoms with van der Waals surface area (Å²) in [6.07, 6.45) is 0.738. The molecular formula is C29H40F3N5O. The van der Waals surface area contributed by atoms with Crippen LogP contribution in [-0.4, -0.2) is 72.5 Å². The minimum Gasteiger partial charge on any atom is -0.379 e. The van der Waals surface area contributed by atoms with Crippen LogP contribution in [0.1, 0.15) is 57.6 Å². The van der Waals surface area contributed by atoms with Gasteiger partial charge >= 0.3 is 6.18 Å². The molecule has 2 aromatic rings. The number of nitrogens with one attached hydrogen (secondary N) is 1. The fraction of sp³-hybridized carbons (Fsp3) is 0.586. The lowest BCUT2D eigenvalue weighted by Gasteiger charge is -2.36. The number of carbonyl (C=O) groups is 1. The standard InChI is InChI=1S/C29H40F3N5O/c1-28(2,3)22-8-10-26(11-9-22)36-16-14-35(15-17-36)12-5-7-27(38)37-13-4-6-24(21-37)34-25-18-23(19-33-20-25)29(30,31)32/h8-11,18-20,24,34H,4-7,12-17,21H2,1-3H3/t24-/m0/s1. The number of halogens is 3. The molecule has 4 rings (SSSR count). The highest BCUT2D eigenvalue weighted by Crippen LogP contribution is 2.30. The van der Waals surface area contributed by atoms with E-state index in [0.717, 1.165) is 64.2 Å². The maximum atomic E-state index is 13.0. The quantitative estimate of drug-likeness (QED) is 0.518. The number of benzene rings is 1. The number of hydrogen-bond donors (Lipinski definition) is 1. The number of hydrogen-bond acceptors (Lipinski definition) is 5. The summed E-state index contributed by atoms with van der Waals surface area (Å²) in [5.74, 6) is 0.122. The van der Waals surface area contributed by atoms with Gasteiger partial charge in [-0.3, -0.25) is 14.7 Å². The third-order valence-corrected chi connectivity index (χ3v) is 7.55. The molecule has 3 heterocycles. The lowest BCUT2D eigenvalue weighted by atomic mass is 9.87. The number of rotatable bonds is 7. The van der Waals surface area contributed by atoms with Crippen molar-refractivity contribution >= 4 is 17.3 Å². The minimum atomic E-state index is -4.43. The van der Waals surface area contributed by atoms with Crippen LogP contribution in [0.2, 0.25) is 0 Å². The van der Waals surface area contributed by atoms with Gasteiger partial charge in [-0.15, -0.1) is 0 Å². The third kappa shape index (κ3) is 7.62. The number of aromatic nitrogens is 1. The molecule has 2 aliphatic heterocycles. The highest BCUT2D eigenvalue weighted by Gasteiger charge is 2.31. The van der Waals surface area contributed by atoms with Crippen LogP contribution in [0.15, 0.2) is 42.7 Å². The molecule has 38 heavy (non-hydrogen) atoms. The van der Waals surface area contributed by atoms with Gasteiger partial charge in [0.25, 0.3) is 0 Å². The molecule has 0 saturated carbocycles. The van der Waals surface area contributed by atoms with Gasteiger partial charge in [0.1, 0.15) is 0 Å². The van der Waals surface area contributed by atoms with Crippen LogP contribution < -0.4 is 10.2 Å². The maximum absolute atomic E-state index is 13.0. The van der Waals surface area contributed by atoms with Gasteiger partial charge in [-0.2, -0.15) is 13.2 Å². The smallest absolute Gasteiger partial charge is 0.379 e. The Balaban J connectivity index is 1.18. The number of nitrogens with zero attached hydrogens (tertiary/aromatic N) is 4. The van der Waals surface area contributed by atoms with Crippen LogP contribution >= 0.6 is 0 Å². The molecule has 2 aliphatic rings. The zero-order valence-corrected chi connectivity index (χ0v) is 22.7. The van der Waals surface area contributed by atoms with E-state index in [0.29, 0.717) is 25.2 Å². The first-order chi connectivity index (χ1) is 18.0. The Morgan fingerprint density at radius 1 is 1.00 bits per heavy atom. The highest BCUT2D eigenvalue weighted by molar-refractivity contribution is 5.76. The summed E-state index contributed by atoms with van der Waals surface area (Å²) in [5.41, 5.74) is 2.32. The van der Waals surface area contributed by atoms with Gasteiger partial charge in [-0.1, -0.05) is 32.9 Å². The number of carbonyl (C=O) groups excluding carboxylic acids is 1. The average Bonchev–Trinajstić information content (AvgIpc) is 2.88. The van der Waals surface area contributed by atoms with Crippen molar-refractivity contribution in [3.63, 3.8) is 0 Å². The number of piperidine rings is 1. The van der Waals surface area contributed by atoms with Crippen LogP contribution in [0, 0.1) is 0 Å². The molecule has 1 amide bonds. The molecule has 1 aromatic heterocycles. The van der Waals surface area contributed by atoms with Crippen molar-refractivity contribution in [1.82, 2.24) is 14.8 Å². The van der Waals surface area contributed by atoms with Gasteiger partial charge in [0, 0.05) is 69.8 Å². The van der Waals surface area contributed by atoms with Gasteiger partial charge in [0.05, 0.1) is 11.3 Å². The molecule has 6 nitrogen and oxygen atoms in total. The molecule has 0 unspecified atom stereocenters. The fourth-order valence-electron chi connectivity index (χ4n) is 5.25. The number of amides is 1. The number of alkyl halides is 3. The molecule has 0 bridgehead atoms. The molecule has 0 radical (unpaired) electrons. The van der Waals surface area contributed by atoms with E-state index >= 15 is 0 Å². The monoisotopic (exact) mass is 531 g/mol. The van der Waals surface area contributed by atoms with E-state index in [1.807, 2.05) is 4.90 Å². The molecule has 2 fully saturated rings. The summed E-state index contributed by atoms with van der Waals surface area (Å²) >= 11 is 0. The zero-order chi connectivity index (χ0) is 27.3. The van der Waals surface area contributed by atoms with E-state index in [9.17, 15) is 18.0 Å². The van der Waals surface area contributed by atoms with Crippen molar-refractivity contribution in [3.8, 4) is 0 Å². The van der Waals surface area contributed by atoms with E-state index in [2.05, 4.69) is 65.1 Å². The highest BCUT2D eigenvalue weighted by atomic mass is 19.4. The minimum absolute atomic E-state index is 0.0801. The Labute approximate surface area is 224 Å². The Hall–Kier alpha value is -2.81. The van der Waals surface area contributed by atoms with E-state index in [1.54, 1.807) is 0 Å². The lowest BCUT2D eigenvalue weighted by Crippen LogP contribution is -2.47. The van der Waals surface area contributed by atoms with Gasteiger partial charge in [-0.25, -0.2) is 0 Å². The average molecular weight is 532 g/mol. The molecule has 208 valence electrons. The van der Waals surface area contributed by atoms with Crippen molar-refractivity contribution < 1.29 is 18.0 Å². The topological polar surface area (TPSA) is 51.7 Å². The Kier molecular flexibility index (Phi) is 8.85. The van der Waals surface area contributed by atoms with Crippen LogP contribution in [0.4, 0.5) is 24.5 Å². The Morgan fingerprint density at radius 3 is 2.37 bits per heavy atom. The summed E-state index contributed by atoms with van der Waals surface area (Å²) in [6, 6.07) is 9.89. The summed E-state index contributed by atoms with van der Waals surface area (Å²) in [6.45, 7) is 12.7. The molecule has 0 spiro atoms. The summed E-state index contributed by atoms with van der Waals surface area (Å²) in [5, 5.41) is 3.14. The second kappa shape index (κ2) is 11.9. The van der Waals surface area contributed by atoms with E-state index < -0.39 is 11.7 Å². The number of piperazine rings is 1. The summed E-state index contributed by atoms with van der Waals surface area (Å²) < 4.78 is 39.0. The van der Waals surface area contributed by atoms with Gasteiger partial charge < -0.3 is 15.1 Å². The first-order valence-electron chi connectivity index (χ1n) is 13.6. The number of likely N-dealkylation sites (tertiary alicyclic amines) is 1. The largest absolute Gasteiger partial charge is 0.417 e. The molecule has 1 atom stereocenters. The van der Waals surface area contributed by atoms with E-state index in [-0.39, 0.29) is 17.4 Å². The Bertz CT molecular complexity index is 1060. The van der Waals surface area contributed by atoms with Crippen LogP contribution in [-0.2, 0) is 16.4 Å². The summed E-state index contributed by atoms with van der Waals surface area (Å²) in [7, 11) is 0. The van der Waals surface area contributed by atoms with Crippen molar-refractivity contribution in [3.05, 3.63) is 53.9 Å². The molecule has 2 saturated heterocycles. The molecule has 1 aromatic carbocycles. The van der Waals surface area contributed by atoms with Crippen LogP contribution in [0.25, 0.3) is 0 Å². The molecule has 0 aliphatic carbocycles. The van der Waals surface area contributed by atoms with Crippen molar-refractivity contribution in [1.29, 1.82) is 0 Å². The predicted octanol–water partition coefficient (Wildman–Crippen LogP) is 5.40. The second-order valence-electron chi connectivity index (χ2n) is 11.5. The first-order valence-corrected chi connectivity index (χ1v) is 13.6. The SMILES string of the molecule is CC(C)(C)c1ccc(N2CCN(CCCC(=O)N3CCC[C@H](Nc4cncc(C(F)(F)F)c4)C3)CC2)cc1. The maximum Gasteiger partial charge on any atom is 0.417 e. The number of anilines is 2. The van der Waals surface area contributed by atoms with Crippen LogP contribution in [0.5, 0.6) is 0 Å². The molecule has 1 N–H and O–H groups in total. The molecule has 9 heteroatoms. The van der Waals surface area contributed by atoms with E-state index in [1.165, 1.54) is 17.4 Å².